The summed E-state index contributed by atoms with van der Waals surface area (Å²) in [6.45, 7) is 3.33. The third-order valence-corrected chi connectivity index (χ3v) is 6.85. The van der Waals surface area contributed by atoms with Crippen LogP contribution in [0.5, 0.6) is 0 Å². The summed E-state index contributed by atoms with van der Waals surface area (Å²) in [5.74, 6) is 0.154. The average molecular weight is 457 g/mol. The number of carbonyl (C=O) groups is 1. The van der Waals surface area contributed by atoms with Gasteiger partial charge in [-0.15, -0.1) is 0 Å². The molecule has 178 valence electrons. The molecule has 32 heavy (non-hydrogen) atoms. The zero-order valence-electron chi connectivity index (χ0n) is 18.3. The minimum atomic E-state index is -4.41. The lowest BCUT2D eigenvalue weighted by atomic mass is 10.0. The van der Waals surface area contributed by atoms with Crippen molar-refractivity contribution in [3.05, 3.63) is 24.0 Å². The molecule has 2 saturated heterocycles. The van der Waals surface area contributed by atoms with Gasteiger partial charge in [0.25, 0.3) is 0 Å². The molecule has 0 spiro atoms. The van der Waals surface area contributed by atoms with Crippen LogP contribution in [0.2, 0.25) is 0 Å². The van der Waals surface area contributed by atoms with Crippen molar-refractivity contribution in [3.63, 3.8) is 0 Å². The zero-order chi connectivity index (χ0) is 22.7. The maximum Gasteiger partial charge on any atom is 0.417 e. The molecule has 3 unspecified atom stereocenters. The Hall–Kier alpha value is -1.91. The summed E-state index contributed by atoms with van der Waals surface area (Å²) in [5.41, 5.74) is -0.306. The van der Waals surface area contributed by atoms with Crippen molar-refractivity contribution in [2.24, 2.45) is 5.92 Å². The largest absolute Gasteiger partial charge is 0.417 e. The van der Waals surface area contributed by atoms with Gasteiger partial charge in [-0.25, -0.2) is 0 Å². The molecule has 7 nitrogen and oxygen atoms in total. The van der Waals surface area contributed by atoms with Gasteiger partial charge in [0.15, 0.2) is 0 Å². The summed E-state index contributed by atoms with van der Waals surface area (Å²) < 4.78 is 49.9. The van der Waals surface area contributed by atoms with Crippen LogP contribution in [-0.2, 0) is 20.4 Å². The number of methoxy groups -OCH3 is 1. The molecule has 1 amide bonds. The van der Waals surface area contributed by atoms with Crippen LogP contribution in [-0.4, -0.2) is 80.5 Å². The van der Waals surface area contributed by atoms with Crippen molar-refractivity contribution in [2.45, 2.75) is 50.0 Å². The number of alkyl halides is 3. The van der Waals surface area contributed by atoms with Crippen molar-refractivity contribution in [1.29, 1.82) is 0 Å². The van der Waals surface area contributed by atoms with Crippen molar-refractivity contribution < 1.29 is 27.4 Å². The number of anilines is 1. The topological polar surface area (TPSA) is 66.9 Å². The fourth-order valence-electron chi connectivity index (χ4n) is 4.99. The quantitative estimate of drug-likeness (QED) is 0.734. The summed E-state index contributed by atoms with van der Waals surface area (Å²) in [6, 6.07) is 1.67. The number of ether oxygens (including phenoxy) is 2. The van der Waals surface area contributed by atoms with E-state index in [1.54, 1.807) is 7.11 Å². The van der Waals surface area contributed by atoms with Gasteiger partial charge in [0.05, 0.1) is 30.2 Å². The van der Waals surface area contributed by atoms with Crippen LogP contribution in [0.1, 0.15) is 31.2 Å². The number of nitrogens with zero attached hydrogens (tertiary/aromatic N) is 3. The number of halogens is 3. The highest BCUT2D eigenvalue weighted by molar-refractivity contribution is 5.79. The first-order chi connectivity index (χ1) is 15.3. The van der Waals surface area contributed by atoms with Gasteiger partial charge >= 0.3 is 6.18 Å². The Morgan fingerprint density at radius 1 is 1.19 bits per heavy atom. The van der Waals surface area contributed by atoms with E-state index >= 15 is 0 Å². The summed E-state index contributed by atoms with van der Waals surface area (Å²) in [7, 11) is 1.70. The first-order valence-corrected chi connectivity index (χ1v) is 11.3. The molecule has 1 aromatic rings. The highest BCUT2D eigenvalue weighted by atomic mass is 19.4. The highest BCUT2D eigenvalue weighted by Gasteiger charge is 2.37. The van der Waals surface area contributed by atoms with Gasteiger partial charge in [0, 0.05) is 64.1 Å². The van der Waals surface area contributed by atoms with E-state index in [-0.39, 0.29) is 24.0 Å². The number of rotatable bonds is 5. The lowest BCUT2D eigenvalue weighted by molar-refractivity contribution is -0.137. The summed E-state index contributed by atoms with van der Waals surface area (Å²) in [6.07, 6.45) is 1.44. The fraction of sp³-hybridized carbons (Fsp3) is 0.727. The van der Waals surface area contributed by atoms with Crippen molar-refractivity contribution >= 4 is 11.6 Å². The number of amides is 1. The zero-order valence-corrected chi connectivity index (χ0v) is 18.3. The minimum Gasteiger partial charge on any atom is -0.379 e. The smallest absolute Gasteiger partial charge is 0.379 e. The van der Waals surface area contributed by atoms with Gasteiger partial charge < -0.3 is 24.6 Å². The Kier molecular flexibility index (Phi) is 7.21. The molecular formula is C22H31F3N4O3. The van der Waals surface area contributed by atoms with Crippen LogP contribution in [0.4, 0.5) is 18.9 Å². The number of aromatic nitrogens is 1. The molecule has 1 saturated carbocycles. The molecule has 3 heterocycles. The summed E-state index contributed by atoms with van der Waals surface area (Å²) in [5, 5.41) is 3.67. The number of nitrogens with one attached hydrogen (secondary N) is 1. The molecule has 3 aliphatic rings. The van der Waals surface area contributed by atoms with E-state index in [2.05, 4.69) is 10.3 Å². The maximum absolute atomic E-state index is 13.1. The standard InChI is InChI=1S/C22H31F3N4O3/c1-31-20-14-32-9-4-19(20)27-17-3-2-15(10-17)21(30)29-7-5-28(6-8-29)18-11-16(12-26-13-18)22(23,24)25/h11-13,15,17,19-20,27H,2-10,14H2,1H3/t15?,17-,19?,20?/m1/s1. The van der Waals surface area contributed by atoms with Crippen molar-refractivity contribution in [1.82, 2.24) is 15.2 Å². The van der Waals surface area contributed by atoms with E-state index in [1.807, 2.05) is 9.80 Å². The van der Waals surface area contributed by atoms with E-state index in [9.17, 15) is 18.0 Å². The average Bonchev–Trinajstić information content (AvgIpc) is 3.27. The monoisotopic (exact) mass is 456 g/mol. The SMILES string of the molecule is COC1COCCC1N[C@@H]1CCC(C(=O)N2CCN(c3cncc(C(F)(F)F)c3)CC2)C1. The summed E-state index contributed by atoms with van der Waals surface area (Å²) >= 11 is 0. The minimum absolute atomic E-state index is 0.00453. The van der Waals surface area contributed by atoms with Gasteiger partial charge in [0.1, 0.15) is 0 Å². The Bertz CT molecular complexity index is 786. The number of hydrogen-bond acceptors (Lipinski definition) is 6. The Labute approximate surface area is 186 Å². The number of hydrogen-bond donors (Lipinski definition) is 1. The molecule has 0 radical (unpaired) electrons. The molecule has 1 aromatic heterocycles. The van der Waals surface area contributed by atoms with E-state index in [1.165, 1.54) is 6.20 Å². The molecular weight excluding hydrogens is 425 g/mol. The normalized spacial score (nSPS) is 29.4. The van der Waals surface area contributed by atoms with E-state index in [4.69, 9.17) is 9.47 Å². The van der Waals surface area contributed by atoms with Crippen molar-refractivity contribution in [3.8, 4) is 0 Å². The van der Waals surface area contributed by atoms with Gasteiger partial charge in [-0.2, -0.15) is 13.2 Å². The number of piperazine rings is 1. The molecule has 3 fully saturated rings. The van der Waals surface area contributed by atoms with E-state index in [0.717, 1.165) is 44.6 Å². The second-order valence-electron chi connectivity index (χ2n) is 8.86. The van der Waals surface area contributed by atoms with Gasteiger partial charge in [-0.1, -0.05) is 0 Å². The Balaban J connectivity index is 1.27. The van der Waals surface area contributed by atoms with Crippen LogP contribution >= 0.6 is 0 Å². The Morgan fingerprint density at radius 3 is 2.69 bits per heavy atom. The number of carbonyl (C=O) groups excluding carboxylic acids is 1. The molecule has 0 aromatic carbocycles. The summed E-state index contributed by atoms with van der Waals surface area (Å²) in [4.78, 5) is 20.5. The molecule has 1 aliphatic carbocycles. The van der Waals surface area contributed by atoms with Crippen LogP contribution in [0.3, 0.4) is 0 Å². The maximum atomic E-state index is 13.1. The van der Waals surface area contributed by atoms with Gasteiger partial charge in [-0.3, -0.25) is 9.78 Å². The van der Waals surface area contributed by atoms with Crippen LogP contribution in [0, 0.1) is 5.92 Å². The molecule has 4 atom stereocenters. The van der Waals surface area contributed by atoms with Crippen molar-refractivity contribution in [2.75, 3.05) is 51.4 Å². The van der Waals surface area contributed by atoms with Gasteiger partial charge in [-0.05, 0) is 31.7 Å². The first kappa shape index (κ1) is 23.3. The first-order valence-electron chi connectivity index (χ1n) is 11.3. The highest BCUT2D eigenvalue weighted by Crippen LogP contribution is 2.32. The van der Waals surface area contributed by atoms with E-state index < -0.39 is 11.7 Å². The lowest BCUT2D eigenvalue weighted by Crippen LogP contribution is -2.51. The molecule has 4 rings (SSSR count). The van der Waals surface area contributed by atoms with E-state index in [0.29, 0.717) is 44.5 Å². The molecule has 2 aliphatic heterocycles. The molecule has 1 N–H and O–H groups in total. The molecule has 10 heteroatoms. The third kappa shape index (κ3) is 5.35. The predicted molar refractivity (Wildman–Crippen MR) is 112 cm³/mol. The van der Waals surface area contributed by atoms with Crippen LogP contribution < -0.4 is 10.2 Å². The molecule has 0 bridgehead atoms. The Morgan fingerprint density at radius 2 is 1.97 bits per heavy atom. The van der Waals surface area contributed by atoms with Crippen LogP contribution in [0.25, 0.3) is 0 Å². The van der Waals surface area contributed by atoms with Crippen LogP contribution in [0.15, 0.2) is 18.5 Å². The van der Waals surface area contributed by atoms with Gasteiger partial charge in [0.2, 0.25) is 5.91 Å². The number of pyridine rings is 1. The second kappa shape index (κ2) is 9.93. The second-order valence-corrected chi connectivity index (χ2v) is 8.86. The third-order valence-electron chi connectivity index (χ3n) is 6.85. The lowest BCUT2D eigenvalue weighted by Gasteiger charge is -2.37. The predicted octanol–water partition coefficient (Wildman–Crippen LogP) is 2.31. The fourth-order valence-corrected chi connectivity index (χ4v) is 4.99.